The van der Waals surface area contributed by atoms with Gasteiger partial charge in [-0.1, -0.05) is 24.3 Å². The lowest BCUT2D eigenvalue weighted by Gasteiger charge is -2.32. The number of nitrogens with zero attached hydrogens (tertiary/aromatic N) is 1. The van der Waals surface area contributed by atoms with E-state index in [-0.39, 0.29) is 11.2 Å². The van der Waals surface area contributed by atoms with E-state index < -0.39 is 0 Å². The molecule has 1 spiro atoms. The van der Waals surface area contributed by atoms with Gasteiger partial charge in [0.1, 0.15) is 0 Å². The number of carbonyl (C=O) groups excluding carboxylic acids is 1. The summed E-state index contributed by atoms with van der Waals surface area (Å²) in [5.74, 6) is 0.279. The van der Waals surface area contributed by atoms with Gasteiger partial charge in [-0.05, 0) is 49.5 Å². The van der Waals surface area contributed by atoms with Crippen LogP contribution in [0.5, 0.6) is 0 Å². The molecule has 1 atom stereocenters. The summed E-state index contributed by atoms with van der Waals surface area (Å²) < 4.78 is 1.38. The summed E-state index contributed by atoms with van der Waals surface area (Å²) in [7, 11) is 2.20. The first-order chi connectivity index (χ1) is 10.2. The Morgan fingerprint density at radius 3 is 2.90 bits per heavy atom. The van der Waals surface area contributed by atoms with E-state index in [2.05, 4.69) is 42.3 Å². The largest absolute Gasteiger partial charge is 0.302 e. The zero-order valence-corrected chi connectivity index (χ0v) is 13.1. The highest BCUT2D eigenvalue weighted by Crippen LogP contribution is 2.47. The minimum Gasteiger partial charge on any atom is -0.302 e. The quantitative estimate of drug-likeness (QED) is 0.735. The third-order valence-corrected chi connectivity index (χ3v) is 6.36. The highest BCUT2D eigenvalue weighted by atomic mass is 32.1. The average molecular weight is 297 g/mol. The predicted octanol–water partition coefficient (Wildman–Crippen LogP) is 3.89. The molecule has 1 aromatic carbocycles. The summed E-state index contributed by atoms with van der Waals surface area (Å²) in [5.41, 5.74) is 1.56. The molecule has 2 aromatic rings. The molecule has 0 saturated carbocycles. The van der Waals surface area contributed by atoms with Gasteiger partial charge >= 0.3 is 0 Å². The van der Waals surface area contributed by atoms with E-state index in [4.69, 9.17) is 0 Å². The van der Waals surface area contributed by atoms with Crippen molar-refractivity contribution in [3.63, 3.8) is 0 Å². The van der Waals surface area contributed by atoms with Crippen LogP contribution in [0, 0.1) is 0 Å². The fraction of sp³-hybridized carbons (Fsp3) is 0.389. The van der Waals surface area contributed by atoms with Gasteiger partial charge in [-0.3, -0.25) is 4.79 Å². The molecule has 4 rings (SSSR count). The van der Waals surface area contributed by atoms with Crippen LogP contribution in [0.3, 0.4) is 0 Å². The summed E-state index contributed by atoms with van der Waals surface area (Å²) >= 11 is 1.93. The van der Waals surface area contributed by atoms with Crippen LogP contribution in [0.25, 0.3) is 10.1 Å². The van der Waals surface area contributed by atoms with Gasteiger partial charge in [0, 0.05) is 28.0 Å². The first-order valence-corrected chi connectivity index (χ1v) is 8.41. The van der Waals surface area contributed by atoms with Crippen molar-refractivity contribution in [3.8, 4) is 0 Å². The lowest BCUT2D eigenvalue weighted by Crippen LogP contribution is -2.29. The molecule has 0 radical (unpaired) electrons. The topological polar surface area (TPSA) is 20.3 Å². The summed E-state index contributed by atoms with van der Waals surface area (Å²) in [4.78, 5) is 15.5. The van der Waals surface area contributed by atoms with Crippen molar-refractivity contribution in [2.45, 2.75) is 31.2 Å². The Bertz CT molecular complexity index is 745. The summed E-state index contributed by atoms with van der Waals surface area (Å²) in [5, 5.41) is 1.40. The molecule has 1 aromatic heterocycles. The molecule has 1 aliphatic heterocycles. The molecule has 0 bridgehead atoms. The van der Waals surface area contributed by atoms with Crippen molar-refractivity contribution in [2.75, 3.05) is 13.6 Å². The predicted molar refractivity (Wildman–Crippen MR) is 87.8 cm³/mol. The van der Waals surface area contributed by atoms with E-state index in [0.717, 1.165) is 25.9 Å². The second-order valence-electron chi connectivity index (χ2n) is 6.35. The van der Waals surface area contributed by atoms with E-state index in [1.165, 1.54) is 20.5 Å². The fourth-order valence-electron chi connectivity index (χ4n) is 3.67. The van der Waals surface area contributed by atoms with Crippen LogP contribution in [0.2, 0.25) is 0 Å². The third-order valence-electron chi connectivity index (χ3n) is 4.92. The molecule has 1 aliphatic carbocycles. The maximum Gasteiger partial charge on any atom is 0.155 e. The lowest BCUT2D eigenvalue weighted by molar-refractivity contribution is -0.115. The summed E-state index contributed by atoms with van der Waals surface area (Å²) in [6.07, 6.45) is 6.80. The molecular weight excluding hydrogens is 278 g/mol. The number of fused-ring (bicyclic) bond motifs is 4. The summed E-state index contributed by atoms with van der Waals surface area (Å²) in [6.45, 7) is 2.11. The van der Waals surface area contributed by atoms with Gasteiger partial charge in [-0.2, -0.15) is 0 Å². The molecule has 0 N–H and O–H groups in total. The lowest BCUT2D eigenvalue weighted by atomic mass is 9.74. The number of benzene rings is 1. The van der Waals surface area contributed by atoms with Crippen molar-refractivity contribution in [3.05, 3.63) is 46.9 Å². The van der Waals surface area contributed by atoms with Gasteiger partial charge in [0.25, 0.3) is 0 Å². The Morgan fingerprint density at radius 1 is 1.24 bits per heavy atom. The van der Waals surface area contributed by atoms with E-state index in [1.807, 2.05) is 17.4 Å². The first-order valence-electron chi connectivity index (χ1n) is 7.59. The number of ketones is 1. The number of thiophene rings is 1. The SMILES string of the molecule is CN1CC[C@@]2(C=CC(=O)CC2)c2sc3ccccc3c2C1. The summed E-state index contributed by atoms with van der Waals surface area (Å²) in [6, 6.07) is 8.72. The molecule has 2 heterocycles. The maximum atomic E-state index is 11.6. The Labute approximate surface area is 129 Å². The number of rotatable bonds is 0. The van der Waals surface area contributed by atoms with E-state index >= 15 is 0 Å². The Balaban J connectivity index is 1.96. The van der Waals surface area contributed by atoms with Gasteiger partial charge in [0.15, 0.2) is 5.78 Å². The first kappa shape index (κ1) is 13.2. The number of hydrogen-bond acceptors (Lipinski definition) is 3. The molecule has 2 nitrogen and oxygen atoms in total. The van der Waals surface area contributed by atoms with Crippen molar-refractivity contribution < 1.29 is 4.79 Å². The normalized spacial score (nSPS) is 26.2. The van der Waals surface area contributed by atoms with Gasteiger partial charge in [-0.15, -0.1) is 11.3 Å². The zero-order valence-electron chi connectivity index (χ0n) is 12.3. The second-order valence-corrected chi connectivity index (χ2v) is 7.40. The van der Waals surface area contributed by atoms with E-state index in [1.54, 1.807) is 0 Å². The van der Waals surface area contributed by atoms with E-state index in [9.17, 15) is 4.79 Å². The standard InChI is InChI=1S/C18H19NOS/c1-19-11-10-18(8-6-13(20)7-9-18)17-15(12-19)14-4-2-3-5-16(14)21-17/h2-6,8H,7,9-12H2,1H3/t18-/m0/s1. The van der Waals surface area contributed by atoms with Gasteiger partial charge in [0.2, 0.25) is 0 Å². The second kappa shape index (κ2) is 4.79. The molecule has 21 heavy (non-hydrogen) atoms. The minimum absolute atomic E-state index is 0.0810. The average Bonchev–Trinajstić information content (AvgIpc) is 2.81. The maximum absolute atomic E-state index is 11.6. The molecular formula is C18H19NOS. The third kappa shape index (κ3) is 2.07. The van der Waals surface area contributed by atoms with Gasteiger partial charge in [0.05, 0.1) is 0 Å². The van der Waals surface area contributed by atoms with Crippen molar-refractivity contribution >= 4 is 27.2 Å². The Morgan fingerprint density at radius 2 is 2.10 bits per heavy atom. The van der Waals surface area contributed by atoms with Crippen LogP contribution in [-0.4, -0.2) is 24.3 Å². The van der Waals surface area contributed by atoms with Gasteiger partial charge < -0.3 is 4.90 Å². The fourth-order valence-corrected chi connectivity index (χ4v) is 5.11. The highest BCUT2D eigenvalue weighted by Gasteiger charge is 2.38. The van der Waals surface area contributed by atoms with Crippen LogP contribution in [0.15, 0.2) is 36.4 Å². The van der Waals surface area contributed by atoms with Crippen molar-refractivity contribution in [1.82, 2.24) is 4.90 Å². The monoisotopic (exact) mass is 297 g/mol. The number of hydrogen-bond donors (Lipinski definition) is 0. The van der Waals surface area contributed by atoms with Crippen molar-refractivity contribution in [1.29, 1.82) is 0 Å². The zero-order chi connectivity index (χ0) is 14.4. The van der Waals surface area contributed by atoms with Crippen LogP contribution in [0.4, 0.5) is 0 Å². The van der Waals surface area contributed by atoms with Crippen molar-refractivity contribution in [2.24, 2.45) is 0 Å². The van der Waals surface area contributed by atoms with Crippen LogP contribution in [0.1, 0.15) is 29.7 Å². The van der Waals surface area contributed by atoms with Crippen LogP contribution >= 0.6 is 11.3 Å². The number of allylic oxidation sites excluding steroid dienone is 2. The number of carbonyl (C=O) groups is 1. The molecule has 2 aliphatic rings. The molecule has 108 valence electrons. The molecule has 0 unspecified atom stereocenters. The van der Waals surface area contributed by atoms with E-state index in [0.29, 0.717) is 6.42 Å². The Hall–Kier alpha value is -1.45. The highest BCUT2D eigenvalue weighted by molar-refractivity contribution is 7.19. The molecule has 0 saturated heterocycles. The molecule has 3 heteroatoms. The Kier molecular flexibility index (Phi) is 3.02. The smallest absolute Gasteiger partial charge is 0.155 e. The molecule has 0 fully saturated rings. The van der Waals surface area contributed by atoms with Gasteiger partial charge in [-0.25, -0.2) is 0 Å². The minimum atomic E-state index is 0.0810. The molecule has 0 amide bonds. The van der Waals surface area contributed by atoms with Crippen LogP contribution in [-0.2, 0) is 16.8 Å². The van der Waals surface area contributed by atoms with Crippen LogP contribution < -0.4 is 0 Å².